The fourth-order valence-electron chi connectivity index (χ4n) is 1.24. The van der Waals surface area contributed by atoms with E-state index in [1.54, 1.807) is 6.92 Å². The monoisotopic (exact) mass is 208 g/mol. The minimum absolute atomic E-state index is 0.0284. The van der Waals surface area contributed by atoms with Gasteiger partial charge in [0.25, 0.3) is 0 Å². The van der Waals surface area contributed by atoms with E-state index in [9.17, 15) is 4.79 Å². The predicted octanol–water partition coefficient (Wildman–Crippen LogP) is 0.237. The SMILES string of the molecule is CC(CCCN)C(=O)N(CC#N)CC#N. The molecule has 15 heavy (non-hydrogen) atoms. The number of hydrogen-bond acceptors (Lipinski definition) is 4. The van der Waals surface area contributed by atoms with Crippen molar-refractivity contribution < 1.29 is 4.79 Å². The van der Waals surface area contributed by atoms with E-state index in [-0.39, 0.29) is 24.9 Å². The average Bonchev–Trinajstić information content (AvgIpc) is 2.24. The number of nitriles is 2. The van der Waals surface area contributed by atoms with Gasteiger partial charge in [-0.3, -0.25) is 4.79 Å². The molecule has 0 aromatic heterocycles. The molecule has 0 aromatic carbocycles. The zero-order valence-corrected chi connectivity index (χ0v) is 8.94. The molecule has 0 saturated carbocycles. The maximum Gasteiger partial charge on any atom is 0.227 e. The van der Waals surface area contributed by atoms with Crippen LogP contribution in [0.15, 0.2) is 0 Å². The number of nitrogens with zero attached hydrogens (tertiary/aromatic N) is 3. The molecular formula is C10H16N4O. The van der Waals surface area contributed by atoms with Crippen LogP contribution in [0.3, 0.4) is 0 Å². The molecule has 0 fully saturated rings. The fraction of sp³-hybridized carbons (Fsp3) is 0.700. The van der Waals surface area contributed by atoms with Crippen LogP contribution in [-0.4, -0.2) is 30.4 Å². The third-order valence-electron chi connectivity index (χ3n) is 2.10. The van der Waals surface area contributed by atoms with Gasteiger partial charge in [-0.15, -0.1) is 0 Å². The molecule has 0 spiro atoms. The Bertz CT molecular complexity index is 260. The van der Waals surface area contributed by atoms with Gasteiger partial charge in [-0.25, -0.2) is 0 Å². The largest absolute Gasteiger partial charge is 0.330 e. The fourth-order valence-corrected chi connectivity index (χ4v) is 1.24. The zero-order chi connectivity index (χ0) is 11.7. The Morgan fingerprint density at radius 1 is 1.40 bits per heavy atom. The molecule has 0 aliphatic heterocycles. The normalized spacial score (nSPS) is 11.2. The Balaban J connectivity index is 4.24. The van der Waals surface area contributed by atoms with Gasteiger partial charge >= 0.3 is 0 Å². The topological polar surface area (TPSA) is 93.9 Å². The summed E-state index contributed by atoms with van der Waals surface area (Å²) in [6, 6.07) is 3.75. The highest BCUT2D eigenvalue weighted by atomic mass is 16.2. The summed E-state index contributed by atoms with van der Waals surface area (Å²) in [5, 5.41) is 17.0. The highest BCUT2D eigenvalue weighted by molar-refractivity contribution is 5.78. The summed E-state index contributed by atoms with van der Waals surface area (Å²) in [5.74, 6) is -0.318. The second kappa shape index (κ2) is 7.78. The molecule has 5 heteroatoms. The first-order valence-electron chi connectivity index (χ1n) is 4.90. The van der Waals surface area contributed by atoms with Crippen molar-refractivity contribution in [3.8, 4) is 12.1 Å². The summed E-state index contributed by atoms with van der Waals surface area (Å²) < 4.78 is 0. The van der Waals surface area contributed by atoms with Crippen molar-refractivity contribution in [2.24, 2.45) is 11.7 Å². The second-order valence-electron chi connectivity index (χ2n) is 3.34. The number of nitrogens with two attached hydrogens (primary N) is 1. The molecule has 0 rings (SSSR count). The van der Waals surface area contributed by atoms with Gasteiger partial charge in [-0.2, -0.15) is 10.5 Å². The molecule has 1 amide bonds. The number of rotatable bonds is 6. The smallest absolute Gasteiger partial charge is 0.227 e. The maximum atomic E-state index is 11.7. The number of carbonyl (C=O) groups is 1. The van der Waals surface area contributed by atoms with Crippen molar-refractivity contribution >= 4 is 5.91 Å². The maximum absolute atomic E-state index is 11.7. The first-order valence-corrected chi connectivity index (χ1v) is 4.90. The number of carbonyl (C=O) groups excluding carboxylic acids is 1. The van der Waals surface area contributed by atoms with Gasteiger partial charge in [0.1, 0.15) is 13.1 Å². The van der Waals surface area contributed by atoms with Gasteiger partial charge in [0.2, 0.25) is 5.91 Å². The molecular weight excluding hydrogens is 192 g/mol. The van der Waals surface area contributed by atoms with Crippen LogP contribution in [0.5, 0.6) is 0 Å². The molecule has 0 saturated heterocycles. The molecule has 0 aliphatic rings. The van der Waals surface area contributed by atoms with E-state index in [0.29, 0.717) is 13.0 Å². The summed E-state index contributed by atoms with van der Waals surface area (Å²) in [4.78, 5) is 13.0. The van der Waals surface area contributed by atoms with E-state index in [1.165, 1.54) is 4.90 Å². The van der Waals surface area contributed by atoms with Crippen LogP contribution in [0.1, 0.15) is 19.8 Å². The van der Waals surface area contributed by atoms with Crippen LogP contribution in [-0.2, 0) is 4.79 Å². The summed E-state index contributed by atoms with van der Waals surface area (Å²) in [7, 11) is 0. The Labute approximate surface area is 90.1 Å². The van der Waals surface area contributed by atoms with Gasteiger partial charge < -0.3 is 10.6 Å². The second-order valence-corrected chi connectivity index (χ2v) is 3.34. The van der Waals surface area contributed by atoms with Gasteiger partial charge in [0, 0.05) is 5.92 Å². The standard InChI is InChI=1S/C10H16N4O/c1-9(3-2-4-11)10(15)14(7-5-12)8-6-13/h9H,2-4,7-8,11H2,1H3. The first kappa shape index (κ1) is 13.4. The third kappa shape index (κ3) is 4.99. The van der Waals surface area contributed by atoms with Crippen molar-refractivity contribution in [3.63, 3.8) is 0 Å². The van der Waals surface area contributed by atoms with E-state index < -0.39 is 0 Å². The summed E-state index contributed by atoms with van der Waals surface area (Å²) >= 11 is 0. The number of amides is 1. The first-order chi connectivity index (χ1) is 7.17. The van der Waals surface area contributed by atoms with Gasteiger partial charge in [-0.1, -0.05) is 6.92 Å². The molecule has 0 heterocycles. The highest BCUT2D eigenvalue weighted by Crippen LogP contribution is 2.08. The Hall–Kier alpha value is -1.59. The molecule has 0 aliphatic carbocycles. The average molecular weight is 208 g/mol. The van der Waals surface area contributed by atoms with E-state index in [1.807, 2.05) is 12.1 Å². The van der Waals surface area contributed by atoms with Crippen LogP contribution in [0, 0.1) is 28.6 Å². The summed E-state index contributed by atoms with van der Waals surface area (Å²) in [6.07, 6.45) is 1.47. The highest BCUT2D eigenvalue weighted by Gasteiger charge is 2.19. The van der Waals surface area contributed by atoms with E-state index in [2.05, 4.69) is 0 Å². The van der Waals surface area contributed by atoms with Gasteiger partial charge in [0.15, 0.2) is 0 Å². The molecule has 2 N–H and O–H groups in total. The quantitative estimate of drug-likeness (QED) is 0.632. The van der Waals surface area contributed by atoms with Crippen molar-refractivity contribution in [2.75, 3.05) is 19.6 Å². The van der Waals surface area contributed by atoms with Crippen molar-refractivity contribution in [1.82, 2.24) is 4.90 Å². The van der Waals surface area contributed by atoms with Crippen LogP contribution >= 0.6 is 0 Å². The Morgan fingerprint density at radius 3 is 2.33 bits per heavy atom. The summed E-state index contributed by atoms with van der Waals surface area (Å²) in [5.41, 5.74) is 5.34. The van der Waals surface area contributed by atoms with E-state index in [0.717, 1.165) is 6.42 Å². The lowest BCUT2D eigenvalue weighted by Crippen LogP contribution is -2.36. The minimum Gasteiger partial charge on any atom is -0.330 e. The lowest BCUT2D eigenvalue weighted by atomic mass is 10.0. The molecule has 0 radical (unpaired) electrons. The van der Waals surface area contributed by atoms with Crippen LogP contribution in [0.2, 0.25) is 0 Å². The molecule has 5 nitrogen and oxygen atoms in total. The molecule has 0 aromatic rings. The van der Waals surface area contributed by atoms with Gasteiger partial charge in [0.05, 0.1) is 12.1 Å². The minimum atomic E-state index is -0.171. The summed E-state index contributed by atoms with van der Waals surface area (Å²) in [6.45, 7) is 2.28. The predicted molar refractivity (Wildman–Crippen MR) is 55.3 cm³/mol. The lowest BCUT2D eigenvalue weighted by Gasteiger charge is -2.20. The van der Waals surface area contributed by atoms with Crippen LogP contribution in [0.25, 0.3) is 0 Å². The van der Waals surface area contributed by atoms with Crippen molar-refractivity contribution in [3.05, 3.63) is 0 Å². The van der Waals surface area contributed by atoms with Crippen molar-refractivity contribution in [2.45, 2.75) is 19.8 Å². The third-order valence-corrected chi connectivity index (χ3v) is 2.10. The van der Waals surface area contributed by atoms with E-state index >= 15 is 0 Å². The lowest BCUT2D eigenvalue weighted by molar-refractivity contribution is -0.134. The number of hydrogen-bond donors (Lipinski definition) is 1. The Morgan fingerprint density at radius 2 is 1.93 bits per heavy atom. The molecule has 1 atom stereocenters. The van der Waals surface area contributed by atoms with Crippen LogP contribution < -0.4 is 5.73 Å². The van der Waals surface area contributed by atoms with Gasteiger partial charge in [-0.05, 0) is 19.4 Å². The molecule has 82 valence electrons. The van der Waals surface area contributed by atoms with Crippen LogP contribution in [0.4, 0.5) is 0 Å². The van der Waals surface area contributed by atoms with Crippen molar-refractivity contribution in [1.29, 1.82) is 10.5 Å². The zero-order valence-electron chi connectivity index (χ0n) is 8.94. The Kier molecular flexibility index (Phi) is 6.96. The molecule has 1 unspecified atom stereocenters. The van der Waals surface area contributed by atoms with E-state index in [4.69, 9.17) is 16.3 Å². The molecule has 0 bridgehead atoms.